The molecule has 0 spiro atoms. The topological polar surface area (TPSA) is 76.4 Å². The van der Waals surface area contributed by atoms with Gasteiger partial charge in [0.1, 0.15) is 23.7 Å². The van der Waals surface area contributed by atoms with Gasteiger partial charge in [-0.25, -0.2) is 13.5 Å². The molecule has 0 aliphatic rings. The molecule has 1 atom stereocenters. The number of hydrogen-bond donors (Lipinski definition) is 2. The number of amides is 1. The summed E-state index contributed by atoms with van der Waals surface area (Å²) >= 11 is 0. The number of ether oxygens (including phenoxy) is 1. The SMILES string of the molecule is C[C@H](O)CNC(=O)c1cccc(OCc2ccn(-c3c(F)cccc3F)n2)c1. The molecular formula is C20H19F2N3O3. The number of aromatic nitrogens is 2. The predicted molar refractivity (Wildman–Crippen MR) is 98.3 cm³/mol. The lowest BCUT2D eigenvalue weighted by Gasteiger charge is -2.09. The van der Waals surface area contributed by atoms with E-state index in [2.05, 4.69) is 10.4 Å². The lowest BCUT2D eigenvalue weighted by Crippen LogP contribution is -2.30. The van der Waals surface area contributed by atoms with E-state index in [1.807, 2.05) is 0 Å². The molecule has 1 amide bonds. The number of carbonyl (C=O) groups excluding carboxylic acids is 1. The van der Waals surface area contributed by atoms with Gasteiger partial charge >= 0.3 is 0 Å². The maximum absolute atomic E-state index is 13.8. The highest BCUT2D eigenvalue weighted by molar-refractivity contribution is 5.94. The van der Waals surface area contributed by atoms with Crippen molar-refractivity contribution in [3.63, 3.8) is 0 Å². The number of aliphatic hydroxyl groups excluding tert-OH is 1. The Labute approximate surface area is 160 Å². The van der Waals surface area contributed by atoms with E-state index >= 15 is 0 Å². The van der Waals surface area contributed by atoms with E-state index in [1.54, 1.807) is 37.3 Å². The van der Waals surface area contributed by atoms with Crippen molar-refractivity contribution < 1.29 is 23.4 Å². The summed E-state index contributed by atoms with van der Waals surface area (Å²) < 4.78 is 34.4. The first-order valence-corrected chi connectivity index (χ1v) is 8.62. The molecule has 3 aromatic rings. The average Bonchev–Trinajstić information content (AvgIpc) is 3.13. The van der Waals surface area contributed by atoms with Gasteiger partial charge in [0.2, 0.25) is 0 Å². The highest BCUT2D eigenvalue weighted by atomic mass is 19.1. The van der Waals surface area contributed by atoms with E-state index in [1.165, 1.54) is 12.3 Å². The molecule has 8 heteroatoms. The smallest absolute Gasteiger partial charge is 0.251 e. The third-order valence-corrected chi connectivity index (χ3v) is 3.85. The van der Waals surface area contributed by atoms with E-state index in [-0.39, 0.29) is 24.7 Å². The minimum Gasteiger partial charge on any atom is -0.487 e. The summed E-state index contributed by atoms with van der Waals surface area (Å²) in [6, 6.07) is 11.7. The maximum Gasteiger partial charge on any atom is 0.251 e. The molecule has 0 saturated carbocycles. The summed E-state index contributed by atoms with van der Waals surface area (Å²) in [6.07, 6.45) is 0.804. The Bertz CT molecular complexity index is 953. The molecule has 28 heavy (non-hydrogen) atoms. The Kier molecular flexibility index (Phi) is 6.00. The van der Waals surface area contributed by atoms with Crippen molar-refractivity contribution in [3.8, 4) is 11.4 Å². The normalized spacial score (nSPS) is 11.9. The lowest BCUT2D eigenvalue weighted by molar-refractivity contribution is 0.0923. The fourth-order valence-corrected chi connectivity index (χ4v) is 2.50. The van der Waals surface area contributed by atoms with Crippen LogP contribution in [0, 0.1) is 11.6 Å². The van der Waals surface area contributed by atoms with Gasteiger partial charge in [-0.15, -0.1) is 0 Å². The Balaban J connectivity index is 1.66. The van der Waals surface area contributed by atoms with Crippen molar-refractivity contribution in [1.82, 2.24) is 15.1 Å². The number of rotatable bonds is 7. The van der Waals surface area contributed by atoms with Crippen LogP contribution in [0.25, 0.3) is 5.69 Å². The number of halogens is 2. The second kappa shape index (κ2) is 8.62. The van der Waals surface area contributed by atoms with E-state index in [0.29, 0.717) is 17.0 Å². The monoisotopic (exact) mass is 387 g/mol. The predicted octanol–water partition coefficient (Wildman–Crippen LogP) is 2.84. The minimum atomic E-state index is -0.716. The molecule has 3 rings (SSSR count). The van der Waals surface area contributed by atoms with Crippen LogP contribution in [0.3, 0.4) is 0 Å². The highest BCUT2D eigenvalue weighted by Gasteiger charge is 2.12. The number of aliphatic hydroxyl groups is 1. The summed E-state index contributed by atoms with van der Waals surface area (Å²) in [5.41, 5.74) is 0.592. The summed E-state index contributed by atoms with van der Waals surface area (Å²) in [4.78, 5) is 12.0. The average molecular weight is 387 g/mol. The van der Waals surface area contributed by atoms with Gasteiger partial charge in [-0.1, -0.05) is 12.1 Å². The summed E-state index contributed by atoms with van der Waals surface area (Å²) in [6.45, 7) is 1.78. The van der Waals surface area contributed by atoms with Crippen LogP contribution in [0.1, 0.15) is 23.0 Å². The third-order valence-electron chi connectivity index (χ3n) is 3.85. The van der Waals surface area contributed by atoms with Gasteiger partial charge in [-0.2, -0.15) is 5.10 Å². The minimum absolute atomic E-state index is 0.0574. The summed E-state index contributed by atoms with van der Waals surface area (Å²) in [7, 11) is 0. The number of hydrogen-bond acceptors (Lipinski definition) is 4. The van der Waals surface area contributed by atoms with Crippen LogP contribution in [-0.2, 0) is 6.61 Å². The number of carbonyl (C=O) groups is 1. The second-order valence-corrected chi connectivity index (χ2v) is 6.20. The molecule has 0 radical (unpaired) electrons. The van der Waals surface area contributed by atoms with Crippen LogP contribution in [0.5, 0.6) is 5.75 Å². The Morgan fingerprint density at radius 3 is 2.64 bits per heavy atom. The van der Waals surface area contributed by atoms with Crippen molar-refractivity contribution >= 4 is 5.91 Å². The Morgan fingerprint density at radius 2 is 1.93 bits per heavy atom. The van der Waals surface area contributed by atoms with Crippen LogP contribution in [0.2, 0.25) is 0 Å². The van der Waals surface area contributed by atoms with Crippen LogP contribution >= 0.6 is 0 Å². The molecule has 1 heterocycles. The molecule has 2 N–H and O–H groups in total. The third kappa shape index (κ3) is 4.72. The molecule has 0 bridgehead atoms. The first-order valence-electron chi connectivity index (χ1n) is 8.62. The maximum atomic E-state index is 13.8. The number of para-hydroxylation sites is 1. The van der Waals surface area contributed by atoms with Gasteiger partial charge in [-0.3, -0.25) is 4.79 Å². The summed E-state index contributed by atoms with van der Waals surface area (Å²) in [5, 5.41) is 16.0. The van der Waals surface area contributed by atoms with Crippen LogP contribution in [0.4, 0.5) is 8.78 Å². The highest BCUT2D eigenvalue weighted by Crippen LogP contribution is 2.18. The van der Waals surface area contributed by atoms with Gasteiger partial charge in [-0.05, 0) is 43.3 Å². The van der Waals surface area contributed by atoms with Crippen molar-refractivity contribution in [2.45, 2.75) is 19.6 Å². The number of nitrogens with zero attached hydrogens (tertiary/aromatic N) is 2. The molecule has 2 aromatic carbocycles. The van der Waals surface area contributed by atoms with Crippen LogP contribution in [-0.4, -0.2) is 33.4 Å². The fraction of sp³-hybridized carbons (Fsp3) is 0.200. The van der Waals surface area contributed by atoms with Crippen LogP contribution < -0.4 is 10.1 Å². The lowest BCUT2D eigenvalue weighted by atomic mass is 10.2. The Hall–Kier alpha value is -3.26. The Morgan fingerprint density at radius 1 is 1.21 bits per heavy atom. The largest absolute Gasteiger partial charge is 0.487 e. The molecule has 1 aromatic heterocycles. The molecular weight excluding hydrogens is 368 g/mol. The van der Waals surface area contributed by atoms with Gasteiger partial charge in [0.15, 0.2) is 11.6 Å². The van der Waals surface area contributed by atoms with Crippen molar-refractivity contribution in [2.24, 2.45) is 0 Å². The molecule has 0 fully saturated rings. The van der Waals surface area contributed by atoms with Crippen LogP contribution in [0.15, 0.2) is 54.7 Å². The first kappa shape index (κ1) is 19.5. The zero-order valence-electron chi connectivity index (χ0n) is 15.1. The number of benzene rings is 2. The molecule has 0 aliphatic heterocycles. The van der Waals surface area contributed by atoms with Crippen molar-refractivity contribution in [3.05, 3.63) is 77.6 Å². The van der Waals surface area contributed by atoms with Gasteiger partial charge in [0, 0.05) is 18.3 Å². The first-order chi connectivity index (χ1) is 13.4. The van der Waals surface area contributed by atoms with E-state index in [9.17, 15) is 18.7 Å². The zero-order chi connectivity index (χ0) is 20.1. The van der Waals surface area contributed by atoms with Crippen molar-refractivity contribution in [2.75, 3.05) is 6.54 Å². The summed E-state index contributed by atoms with van der Waals surface area (Å²) in [5.74, 6) is -1.32. The molecule has 0 saturated heterocycles. The molecule has 146 valence electrons. The quantitative estimate of drug-likeness (QED) is 0.654. The fourth-order valence-electron chi connectivity index (χ4n) is 2.50. The zero-order valence-corrected chi connectivity index (χ0v) is 15.1. The second-order valence-electron chi connectivity index (χ2n) is 6.20. The molecule has 6 nitrogen and oxygen atoms in total. The van der Waals surface area contributed by atoms with E-state index in [0.717, 1.165) is 16.8 Å². The van der Waals surface area contributed by atoms with Gasteiger partial charge in [0.25, 0.3) is 5.91 Å². The van der Waals surface area contributed by atoms with Gasteiger partial charge < -0.3 is 15.2 Å². The van der Waals surface area contributed by atoms with E-state index in [4.69, 9.17) is 4.74 Å². The van der Waals surface area contributed by atoms with Gasteiger partial charge in [0.05, 0.1) is 6.10 Å². The molecule has 0 aliphatic carbocycles. The van der Waals surface area contributed by atoms with E-state index < -0.39 is 17.7 Å². The molecule has 0 unspecified atom stereocenters. The van der Waals surface area contributed by atoms with Crippen molar-refractivity contribution in [1.29, 1.82) is 0 Å². The number of nitrogens with one attached hydrogen (secondary N) is 1. The standard InChI is InChI=1S/C20H19F2N3O3/c1-13(26)11-23-20(27)14-4-2-5-16(10-14)28-12-15-8-9-25(24-15)19-17(21)6-3-7-18(19)22/h2-10,13,26H,11-12H2,1H3,(H,23,27)/t13-/m0/s1.